The van der Waals surface area contributed by atoms with Crippen molar-refractivity contribution in [3.8, 4) is 0 Å². The van der Waals surface area contributed by atoms with Crippen LogP contribution in [0.1, 0.15) is 18.9 Å². The van der Waals surface area contributed by atoms with Gasteiger partial charge in [0.15, 0.2) is 19.1 Å². The summed E-state index contributed by atoms with van der Waals surface area (Å²) in [6.45, 7) is 9.03. The molecule has 0 saturated carbocycles. The van der Waals surface area contributed by atoms with Crippen LogP contribution in [0.4, 0.5) is 4.48 Å². The molecule has 3 fully saturated rings. The monoisotopic (exact) mass is 366 g/mol. The van der Waals surface area contributed by atoms with Gasteiger partial charge in [-0.05, 0) is 33.3 Å². The van der Waals surface area contributed by atoms with Crippen molar-refractivity contribution in [3.05, 3.63) is 72.3 Å². The second-order valence-corrected chi connectivity index (χ2v) is 8.64. The molecule has 3 aliphatic heterocycles. The summed E-state index contributed by atoms with van der Waals surface area (Å²) in [6.07, 6.45) is 5.71. The minimum absolute atomic E-state index is 0.0525. The molecule has 0 N–H and O–H groups in total. The summed E-state index contributed by atoms with van der Waals surface area (Å²) in [5.41, 5.74) is 2.52. The highest BCUT2D eigenvalue weighted by Crippen LogP contribution is 2.39. The minimum atomic E-state index is -0.269. The van der Waals surface area contributed by atoms with E-state index >= 15 is 4.48 Å². The quantitative estimate of drug-likeness (QED) is 0.404. The SMILES string of the molecule is C=CC(=CC)CC1C[N+]2(C)CC[N+]1(F)CC2Cc1cccc2ccccc12. The molecular formula is C24H31FN2+2. The average Bonchev–Trinajstić information content (AvgIpc) is 2.68. The van der Waals surface area contributed by atoms with Gasteiger partial charge in [-0.25, -0.2) is 0 Å². The lowest BCUT2D eigenvalue weighted by molar-refractivity contribution is -1.17. The highest BCUT2D eigenvalue weighted by atomic mass is 19.2. The van der Waals surface area contributed by atoms with E-state index in [4.69, 9.17) is 0 Å². The van der Waals surface area contributed by atoms with E-state index in [1.807, 2.05) is 13.0 Å². The van der Waals surface area contributed by atoms with Crippen LogP contribution in [0.15, 0.2) is 66.8 Å². The molecule has 3 heteroatoms. The third kappa shape index (κ3) is 3.24. The largest absolute Gasteiger partial charge is 0.309 e. The van der Waals surface area contributed by atoms with E-state index in [1.165, 1.54) is 21.9 Å². The lowest BCUT2D eigenvalue weighted by Gasteiger charge is -2.56. The fourth-order valence-electron chi connectivity index (χ4n) is 5.24. The Labute approximate surface area is 162 Å². The molecule has 0 amide bonds. The molecule has 4 unspecified atom stereocenters. The first kappa shape index (κ1) is 18.4. The van der Waals surface area contributed by atoms with Gasteiger partial charge in [0.05, 0.1) is 7.05 Å². The number of halogens is 1. The van der Waals surface area contributed by atoms with Crippen molar-refractivity contribution in [2.24, 2.45) is 0 Å². The maximum atomic E-state index is 15.9. The third-order valence-electron chi connectivity index (χ3n) is 7.10. The zero-order valence-corrected chi connectivity index (χ0v) is 16.6. The number of likely N-dealkylation sites (N-methyl/N-ethyl adjacent to an activating group) is 1. The number of rotatable bonds is 5. The van der Waals surface area contributed by atoms with Crippen LogP contribution in [-0.4, -0.2) is 54.5 Å². The Bertz CT molecular complexity index is 884. The van der Waals surface area contributed by atoms with E-state index in [0.717, 1.165) is 30.4 Å². The topological polar surface area (TPSA) is 0 Å². The summed E-state index contributed by atoms with van der Waals surface area (Å²) in [4.78, 5) is 0. The Balaban J connectivity index is 1.60. The maximum Gasteiger partial charge on any atom is 0.178 e. The lowest BCUT2D eigenvalue weighted by atomic mass is 9.89. The number of nitrogens with zero attached hydrogens (tertiary/aromatic N) is 2. The van der Waals surface area contributed by atoms with Crippen molar-refractivity contribution in [1.82, 2.24) is 0 Å². The van der Waals surface area contributed by atoms with E-state index in [-0.39, 0.29) is 10.7 Å². The van der Waals surface area contributed by atoms with Crippen LogP contribution in [-0.2, 0) is 6.42 Å². The molecule has 3 heterocycles. The molecule has 27 heavy (non-hydrogen) atoms. The van der Waals surface area contributed by atoms with Crippen molar-refractivity contribution < 1.29 is 13.7 Å². The molecule has 0 aromatic heterocycles. The summed E-state index contributed by atoms with van der Waals surface area (Å²) in [5, 5.41) is 2.59. The van der Waals surface area contributed by atoms with Crippen LogP contribution in [0.3, 0.4) is 0 Å². The molecule has 2 aromatic carbocycles. The summed E-state index contributed by atoms with van der Waals surface area (Å²) in [6, 6.07) is 15.5. The van der Waals surface area contributed by atoms with Gasteiger partial charge in [-0.15, -0.1) is 4.71 Å². The van der Waals surface area contributed by atoms with Crippen LogP contribution in [0.25, 0.3) is 10.8 Å². The van der Waals surface area contributed by atoms with Crippen molar-refractivity contribution in [2.45, 2.75) is 31.8 Å². The lowest BCUT2D eigenvalue weighted by Crippen LogP contribution is -2.79. The second kappa shape index (κ2) is 6.88. The number of benzene rings is 2. The summed E-state index contributed by atoms with van der Waals surface area (Å²) in [5.74, 6) is 0. The fraction of sp³-hybridized carbons (Fsp3) is 0.417. The van der Waals surface area contributed by atoms with Gasteiger partial charge in [-0.1, -0.05) is 61.2 Å². The predicted octanol–water partition coefficient (Wildman–Crippen LogP) is 4.82. The van der Waals surface area contributed by atoms with Gasteiger partial charge in [0, 0.05) is 12.8 Å². The molecule has 0 radical (unpaired) electrons. The normalized spacial score (nSPS) is 33.4. The van der Waals surface area contributed by atoms with E-state index in [0.29, 0.717) is 19.1 Å². The Morgan fingerprint density at radius 2 is 1.89 bits per heavy atom. The standard InChI is InChI=1S/C24H31FN2/c1-4-19(5-2)15-23-17-26(3)13-14-27(23,25)18-22(26)16-21-11-8-10-20-9-6-7-12-24(20)21/h4-12,22-23H,1,13-18H2,2-3H3/q+2. The zero-order chi connectivity index (χ0) is 19.1. The zero-order valence-electron chi connectivity index (χ0n) is 16.6. The van der Waals surface area contributed by atoms with Crippen LogP contribution >= 0.6 is 0 Å². The molecular weight excluding hydrogens is 335 g/mol. The molecule has 0 aliphatic carbocycles. The Morgan fingerprint density at radius 3 is 2.67 bits per heavy atom. The van der Waals surface area contributed by atoms with Crippen molar-refractivity contribution in [3.63, 3.8) is 0 Å². The Hall–Kier alpha value is -1.97. The second-order valence-electron chi connectivity index (χ2n) is 8.64. The first-order valence-corrected chi connectivity index (χ1v) is 10.1. The van der Waals surface area contributed by atoms with Crippen LogP contribution < -0.4 is 0 Å². The summed E-state index contributed by atoms with van der Waals surface area (Å²) in [7, 11) is 2.34. The van der Waals surface area contributed by atoms with Gasteiger partial charge < -0.3 is 4.48 Å². The minimum Gasteiger partial charge on any atom is -0.309 e. The van der Waals surface area contributed by atoms with Crippen molar-refractivity contribution in [2.75, 3.05) is 33.2 Å². The Morgan fingerprint density at radius 1 is 1.11 bits per heavy atom. The Kier molecular flexibility index (Phi) is 4.69. The number of hydrogen-bond acceptors (Lipinski definition) is 0. The summed E-state index contributed by atoms with van der Waals surface area (Å²) < 4.78 is 16.7. The van der Waals surface area contributed by atoms with E-state index < -0.39 is 0 Å². The van der Waals surface area contributed by atoms with Crippen LogP contribution in [0.2, 0.25) is 0 Å². The summed E-state index contributed by atoms with van der Waals surface area (Å²) >= 11 is 0. The number of piperazine rings is 3. The third-order valence-corrected chi connectivity index (χ3v) is 7.10. The predicted molar refractivity (Wildman–Crippen MR) is 111 cm³/mol. The fourth-order valence-corrected chi connectivity index (χ4v) is 5.24. The molecule has 2 bridgehead atoms. The molecule has 3 aliphatic rings. The number of hydrogen-bond donors (Lipinski definition) is 0. The van der Waals surface area contributed by atoms with Gasteiger partial charge in [0.2, 0.25) is 0 Å². The maximum absolute atomic E-state index is 15.9. The van der Waals surface area contributed by atoms with Crippen LogP contribution in [0.5, 0.6) is 0 Å². The highest BCUT2D eigenvalue weighted by molar-refractivity contribution is 5.85. The van der Waals surface area contributed by atoms with E-state index in [9.17, 15) is 0 Å². The van der Waals surface area contributed by atoms with Gasteiger partial charge in [-0.2, -0.15) is 0 Å². The van der Waals surface area contributed by atoms with Gasteiger partial charge in [0.25, 0.3) is 0 Å². The first-order chi connectivity index (χ1) is 13.0. The van der Waals surface area contributed by atoms with Gasteiger partial charge in [0.1, 0.15) is 19.1 Å². The molecule has 3 saturated heterocycles. The number of allylic oxidation sites excluding steroid dienone is 2. The van der Waals surface area contributed by atoms with Crippen LogP contribution in [0, 0.1) is 0 Å². The van der Waals surface area contributed by atoms with Gasteiger partial charge >= 0.3 is 0 Å². The number of fused-ring (bicyclic) bond motifs is 4. The smallest absolute Gasteiger partial charge is 0.178 e. The number of quaternary nitrogens is 2. The van der Waals surface area contributed by atoms with E-state index in [1.54, 1.807) is 0 Å². The van der Waals surface area contributed by atoms with Crippen molar-refractivity contribution in [1.29, 1.82) is 0 Å². The molecule has 5 rings (SSSR count). The van der Waals surface area contributed by atoms with Crippen molar-refractivity contribution >= 4 is 10.8 Å². The molecule has 142 valence electrons. The molecule has 2 nitrogen and oxygen atoms in total. The highest BCUT2D eigenvalue weighted by Gasteiger charge is 2.60. The average molecular weight is 367 g/mol. The molecule has 2 aromatic rings. The van der Waals surface area contributed by atoms with Gasteiger partial charge in [-0.3, -0.25) is 0 Å². The molecule has 4 atom stereocenters. The van der Waals surface area contributed by atoms with E-state index in [2.05, 4.69) is 62.2 Å². The first-order valence-electron chi connectivity index (χ1n) is 10.1. The molecule has 0 spiro atoms.